The number of carbonyl (C=O) groups is 2. The minimum absolute atomic E-state index is 0.0316. The number of pyridine rings is 2. The van der Waals surface area contributed by atoms with Crippen molar-refractivity contribution in [2.75, 3.05) is 73.3 Å². The number of likely N-dealkylation sites (tertiary alicyclic amines) is 1. The van der Waals surface area contributed by atoms with Gasteiger partial charge in [0.15, 0.2) is 0 Å². The first-order valence-electron chi connectivity index (χ1n) is 13.5. The SMILES string of the molecule is Cc1c(Nc2cc[nH]c(=O)c2C(=O)Nc2ccc(N3CCN(C(=O)N4CCC4)CC3)cc2)cnc2c1NCCO2. The number of aromatic nitrogens is 2. The summed E-state index contributed by atoms with van der Waals surface area (Å²) in [5.74, 6) is 0.00362. The Morgan fingerprint density at radius 2 is 1.73 bits per heavy atom. The standard InChI is InChI=1S/C28H32N8O4/c1-18-22(17-31-27-24(18)29-9-16-40-27)33-21-7-8-30-25(37)23(21)26(38)32-19-3-5-20(6-4-19)34-12-14-36(15-13-34)28(39)35-10-2-11-35/h3-8,17,29H,2,9-16H2,1H3,(H,32,38)(H2,30,33,37). The molecule has 3 aliphatic heterocycles. The quantitative estimate of drug-likeness (QED) is 0.385. The van der Waals surface area contributed by atoms with Crippen molar-refractivity contribution in [1.82, 2.24) is 19.8 Å². The number of H-pyrrole nitrogens is 1. The highest BCUT2D eigenvalue weighted by Crippen LogP contribution is 2.34. The average molecular weight is 545 g/mol. The number of amides is 3. The van der Waals surface area contributed by atoms with Crippen molar-refractivity contribution < 1.29 is 14.3 Å². The molecule has 2 fully saturated rings. The number of ether oxygens (including phenoxy) is 1. The number of nitrogens with zero attached hydrogens (tertiary/aromatic N) is 4. The van der Waals surface area contributed by atoms with Crippen LogP contribution in [0.15, 0.2) is 47.5 Å². The maximum absolute atomic E-state index is 13.3. The highest BCUT2D eigenvalue weighted by molar-refractivity contribution is 6.08. The van der Waals surface area contributed by atoms with E-state index in [1.165, 1.54) is 6.20 Å². The third kappa shape index (κ3) is 4.99. The van der Waals surface area contributed by atoms with Crippen LogP contribution >= 0.6 is 0 Å². The Morgan fingerprint density at radius 3 is 2.45 bits per heavy atom. The van der Waals surface area contributed by atoms with Gasteiger partial charge < -0.3 is 40.4 Å². The Hall–Kier alpha value is -4.74. The van der Waals surface area contributed by atoms with Crippen molar-refractivity contribution in [3.05, 3.63) is 64.2 Å². The van der Waals surface area contributed by atoms with Gasteiger partial charge in [-0.1, -0.05) is 0 Å². The van der Waals surface area contributed by atoms with Gasteiger partial charge in [0.25, 0.3) is 11.5 Å². The predicted octanol–water partition coefficient (Wildman–Crippen LogP) is 2.83. The predicted molar refractivity (Wildman–Crippen MR) is 153 cm³/mol. The normalized spacial score (nSPS) is 16.3. The van der Waals surface area contributed by atoms with E-state index in [-0.39, 0.29) is 11.6 Å². The van der Waals surface area contributed by atoms with Gasteiger partial charge in [-0.05, 0) is 43.7 Å². The molecule has 3 aliphatic rings. The Morgan fingerprint density at radius 1 is 0.975 bits per heavy atom. The summed E-state index contributed by atoms with van der Waals surface area (Å²) >= 11 is 0. The minimum atomic E-state index is -0.528. The summed E-state index contributed by atoms with van der Waals surface area (Å²) in [6.45, 7) is 7.71. The van der Waals surface area contributed by atoms with Crippen LogP contribution in [-0.2, 0) is 0 Å². The summed E-state index contributed by atoms with van der Waals surface area (Å²) in [4.78, 5) is 51.4. The number of piperazine rings is 1. The van der Waals surface area contributed by atoms with E-state index in [2.05, 4.69) is 30.8 Å². The molecule has 0 saturated carbocycles. The van der Waals surface area contributed by atoms with Crippen molar-refractivity contribution in [1.29, 1.82) is 0 Å². The lowest BCUT2D eigenvalue weighted by molar-refractivity contribution is 0.102. The number of hydrogen-bond donors (Lipinski definition) is 4. The molecule has 12 heteroatoms. The van der Waals surface area contributed by atoms with Gasteiger partial charge >= 0.3 is 6.03 Å². The van der Waals surface area contributed by atoms with Gasteiger partial charge in [-0.15, -0.1) is 0 Å². The van der Waals surface area contributed by atoms with Gasteiger partial charge in [0.2, 0.25) is 5.88 Å². The zero-order valence-corrected chi connectivity index (χ0v) is 22.3. The van der Waals surface area contributed by atoms with E-state index >= 15 is 0 Å². The van der Waals surface area contributed by atoms with E-state index in [1.54, 1.807) is 12.3 Å². The van der Waals surface area contributed by atoms with E-state index < -0.39 is 11.5 Å². The molecule has 2 aromatic heterocycles. The van der Waals surface area contributed by atoms with Gasteiger partial charge in [0.1, 0.15) is 17.9 Å². The first-order chi connectivity index (χ1) is 19.5. The molecule has 6 rings (SSSR count). The fourth-order valence-electron chi connectivity index (χ4n) is 5.11. The smallest absolute Gasteiger partial charge is 0.320 e. The fraction of sp³-hybridized carbons (Fsp3) is 0.357. The molecule has 3 aromatic rings. The van der Waals surface area contributed by atoms with Crippen molar-refractivity contribution in [3.63, 3.8) is 0 Å². The number of anilines is 5. The molecule has 3 amide bonds. The molecule has 5 heterocycles. The van der Waals surface area contributed by atoms with Crippen LogP contribution in [0.4, 0.5) is 33.2 Å². The number of aromatic amines is 1. The minimum Gasteiger partial charge on any atom is -0.474 e. The Bertz CT molecular complexity index is 1480. The molecule has 0 spiro atoms. The zero-order valence-electron chi connectivity index (χ0n) is 22.3. The molecule has 40 heavy (non-hydrogen) atoms. The van der Waals surface area contributed by atoms with Crippen LogP contribution in [0.5, 0.6) is 5.88 Å². The number of rotatable bonds is 5. The summed E-state index contributed by atoms with van der Waals surface area (Å²) in [5, 5.41) is 9.33. The second-order valence-electron chi connectivity index (χ2n) is 10.1. The lowest BCUT2D eigenvalue weighted by Crippen LogP contribution is -2.55. The molecule has 0 unspecified atom stereocenters. The van der Waals surface area contributed by atoms with Crippen LogP contribution in [0.2, 0.25) is 0 Å². The Labute approximate surface area is 231 Å². The van der Waals surface area contributed by atoms with E-state index in [0.29, 0.717) is 49.2 Å². The third-order valence-electron chi connectivity index (χ3n) is 7.57. The highest BCUT2D eigenvalue weighted by atomic mass is 16.5. The molecular weight excluding hydrogens is 512 g/mol. The van der Waals surface area contributed by atoms with Crippen LogP contribution < -0.4 is 31.1 Å². The van der Waals surface area contributed by atoms with E-state index in [9.17, 15) is 14.4 Å². The third-order valence-corrected chi connectivity index (χ3v) is 7.57. The van der Waals surface area contributed by atoms with E-state index in [1.807, 2.05) is 41.0 Å². The molecule has 0 bridgehead atoms. The van der Waals surface area contributed by atoms with Gasteiger partial charge in [-0.25, -0.2) is 9.78 Å². The zero-order chi connectivity index (χ0) is 27.6. The van der Waals surface area contributed by atoms with Gasteiger partial charge in [0, 0.05) is 68.9 Å². The van der Waals surface area contributed by atoms with Crippen LogP contribution in [0.1, 0.15) is 22.3 Å². The molecule has 0 aliphatic carbocycles. The number of urea groups is 1. The summed E-state index contributed by atoms with van der Waals surface area (Å²) in [6.07, 6.45) is 4.21. The van der Waals surface area contributed by atoms with Crippen LogP contribution in [0.25, 0.3) is 0 Å². The molecule has 0 radical (unpaired) electrons. The second-order valence-corrected chi connectivity index (χ2v) is 10.1. The molecule has 1 aromatic carbocycles. The number of carbonyl (C=O) groups excluding carboxylic acids is 2. The van der Waals surface area contributed by atoms with E-state index in [0.717, 1.165) is 49.5 Å². The van der Waals surface area contributed by atoms with Crippen LogP contribution in [0.3, 0.4) is 0 Å². The molecule has 0 atom stereocenters. The molecular formula is C28H32N8O4. The van der Waals surface area contributed by atoms with Crippen LogP contribution in [0, 0.1) is 6.92 Å². The van der Waals surface area contributed by atoms with Gasteiger partial charge in [-0.2, -0.15) is 0 Å². The lowest BCUT2D eigenvalue weighted by Gasteiger charge is -2.41. The summed E-state index contributed by atoms with van der Waals surface area (Å²) in [6, 6.07) is 9.30. The van der Waals surface area contributed by atoms with Crippen LogP contribution in [-0.4, -0.2) is 84.1 Å². The maximum Gasteiger partial charge on any atom is 0.320 e. The fourth-order valence-corrected chi connectivity index (χ4v) is 5.11. The molecule has 12 nitrogen and oxygen atoms in total. The van der Waals surface area contributed by atoms with Crippen molar-refractivity contribution in [2.45, 2.75) is 13.3 Å². The number of hydrogen-bond acceptors (Lipinski definition) is 8. The molecule has 4 N–H and O–H groups in total. The first-order valence-corrected chi connectivity index (χ1v) is 13.5. The number of benzene rings is 1. The molecule has 208 valence electrons. The van der Waals surface area contributed by atoms with Crippen molar-refractivity contribution in [3.8, 4) is 5.88 Å². The van der Waals surface area contributed by atoms with E-state index in [4.69, 9.17) is 4.74 Å². The number of fused-ring (bicyclic) bond motifs is 1. The van der Waals surface area contributed by atoms with Crippen molar-refractivity contribution in [2.24, 2.45) is 0 Å². The maximum atomic E-state index is 13.3. The van der Waals surface area contributed by atoms with Gasteiger partial charge in [0.05, 0.1) is 17.6 Å². The summed E-state index contributed by atoms with van der Waals surface area (Å²) < 4.78 is 5.59. The second kappa shape index (κ2) is 10.8. The largest absolute Gasteiger partial charge is 0.474 e. The lowest BCUT2D eigenvalue weighted by atomic mass is 10.1. The topological polar surface area (TPSA) is 135 Å². The van der Waals surface area contributed by atoms with Crippen molar-refractivity contribution >= 4 is 40.4 Å². The summed E-state index contributed by atoms with van der Waals surface area (Å²) in [5.41, 5.74) is 3.74. The Balaban J connectivity index is 1.12. The Kier molecular flexibility index (Phi) is 6.89. The highest BCUT2D eigenvalue weighted by Gasteiger charge is 2.28. The summed E-state index contributed by atoms with van der Waals surface area (Å²) in [7, 11) is 0. The average Bonchev–Trinajstić information content (AvgIpc) is 2.94. The van der Waals surface area contributed by atoms with Gasteiger partial charge in [-0.3, -0.25) is 9.59 Å². The first kappa shape index (κ1) is 25.5. The number of nitrogens with one attached hydrogen (secondary N) is 4. The monoisotopic (exact) mass is 544 g/mol. The molecule has 2 saturated heterocycles.